The number of hydrogen-bond donors (Lipinski definition) is 3. The number of nitrogens with one attached hydrogen (secondary N) is 3. The Morgan fingerprint density at radius 2 is 2.05 bits per heavy atom. The van der Waals surface area contributed by atoms with Crippen molar-refractivity contribution < 1.29 is 14.3 Å². The predicted molar refractivity (Wildman–Crippen MR) is 89.6 cm³/mol. The fourth-order valence-corrected chi connectivity index (χ4v) is 1.62. The first-order chi connectivity index (χ1) is 10.2. The fraction of sp³-hybridized carbons (Fsp3) is 0.333. The summed E-state index contributed by atoms with van der Waals surface area (Å²) in [5, 5.41) is 8.34. The maximum atomic E-state index is 12.0. The number of amides is 2. The van der Waals surface area contributed by atoms with E-state index in [4.69, 9.17) is 4.74 Å². The summed E-state index contributed by atoms with van der Waals surface area (Å²) in [6.07, 6.45) is 1.60. The summed E-state index contributed by atoms with van der Waals surface area (Å²) < 4.78 is 4.87. The molecule has 0 aliphatic rings. The second kappa shape index (κ2) is 11.7. The van der Waals surface area contributed by atoms with Gasteiger partial charge < -0.3 is 20.7 Å². The van der Waals surface area contributed by atoms with E-state index in [0.717, 1.165) is 0 Å². The van der Waals surface area contributed by atoms with Crippen molar-refractivity contribution in [1.29, 1.82) is 0 Å². The highest BCUT2D eigenvalue weighted by atomic mass is 35.5. The third kappa shape index (κ3) is 7.21. The molecule has 0 fully saturated rings. The monoisotopic (exact) mass is 327 g/mol. The molecule has 0 bridgehead atoms. The summed E-state index contributed by atoms with van der Waals surface area (Å²) >= 11 is 0. The van der Waals surface area contributed by atoms with Gasteiger partial charge in [0.15, 0.2) is 0 Å². The minimum atomic E-state index is -0.252. The van der Waals surface area contributed by atoms with Crippen LogP contribution in [0.4, 0.5) is 5.69 Å². The largest absolute Gasteiger partial charge is 0.383 e. The van der Waals surface area contributed by atoms with E-state index < -0.39 is 0 Å². The number of rotatable bonds is 9. The van der Waals surface area contributed by atoms with Crippen molar-refractivity contribution in [3.63, 3.8) is 0 Å². The van der Waals surface area contributed by atoms with Gasteiger partial charge in [0, 0.05) is 20.2 Å². The lowest BCUT2D eigenvalue weighted by atomic mass is 10.1. The van der Waals surface area contributed by atoms with E-state index in [1.807, 2.05) is 0 Å². The highest BCUT2D eigenvalue weighted by molar-refractivity contribution is 6.04. The van der Waals surface area contributed by atoms with Crippen LogP contribution in [0.25, 0.3) is 0 Å². The van der Waals surface area contributed by atoms with Crippen LogP contribution in [0.3, 0.4) is 0 Å². The molecule has 0 unspecified atom stereocenters. The Kier molecular flexibility index (Phi) is 10.7. The third-order valence-corrected chi connectivity index (χ3v) is 2.62. The molecule has 0 aliphatic heterocycles. The number of carbonyl (C=O) groups is 2. The van der Waals surface area contributed by atoms with Gasteiger partial charge in [-0.2, -0.15) is 0 Å². The molecule has 2 amide bonds. The van der Waals surface area contributed by atoms with Crippen LogP contribution in [-0.2, 0) is 9.53 Å². The highest BCUT2D eigenvalue weighted by Gasteiger charge is 2.11. The molecule has 0 heterocycles. The number of ether oxygens (including phenoxy) is 1. The molecular formula is C15H22ClN3O3. The molecule has 0 aromatic heterocycles. The van der Waals surface area contributed by atoms with Gasteiger partial charge in [0.1, 0.15) is 0 Å². The smallest absolute Gasteiger partial charge is 0.253 e. The second-order valence-electron chi connectivity index (χ2n) is 4.26. The first kappa shape index (κ1) is 20.1. The standard InChI is InChI=1S/C15H21N3O3.ClH/c1-3-8-17-15(20)12-6-4-5-7-13(12)18-14(19)11-16-9-10-21-2;/h3-7,16H,1,8-11H2,2H3,(H,17,20)(H,18,19);1H. The number of para-hydroxylation sites is 1. The Hall–Kier alpha value is -1.89. The fourth-order valence-electron chi connectivity index (χ4n) is 1.62. The molecule has 6 nitrogen and oxygen atoms in total. The zero-order valence-electron chi connectivity index (χ0n) is 12.6. The van der Waals surface area contributed by atoms with Gasteiger partial charge >= 0.3 is 0 Å². The van der Waals surface area contributed by atoms with Crippen molar-refractivity contribution >= 4 is 29.9 Å². The number of anilines is 1. The molecule has 0 saturated heterocycles. The lowest BCUT2D eigenvalue weighted by molar-refractivity contribution is -0.115. The molecular weight excluding hydrogens is 306 g/mol. The van der Waals surface area contributed by atoms with Crippen LogP contribution >= 0.6 is 12.4 Å². The molecule has 1 rings (SSSR count). The van der Waals surface area contributed by atoms with E-state index in [1.54, 1.807) is 37.5 Å². The maximum absolute atomic E-state index is 12.0. The predicted octanol–water partition coefficient (Wildman–Crippen LogP) is 1.20. The van der Waals surface area contributed by atoms with Crippen molar-refractivity contribution in [3.8, 4) is 0 Å². The van der Waals surface area contributed by atoms with Crippen LogP contribution in [0, 0.1) is 0 Å². The van der Waals surface area contributed by atoms with Gasteiger partial charge in [-0.15, -0.1) is 19.0 Å². The molecule has 1 aromatic rings. The number of benzene rings is 1. The van der Waals surface area contributed by atoms with Gasteiger partial charge in [-0.1, -0.05) is 18.2 Å². The molecule has 0 aliphatic carbocycles. The molecule has 0 atom stereocenters. The van der Waals surface area contributed by atoms with Gasteiger partial charge in [-0.25, -0.2) is 0 Å². The Balaban J connectivity index is 0.00000441. The minimum absolute atomic E-state index is 0. The van der Waals surface area contributed by atoms with Crippen LogP contribution < -0.4 is 16.0 Å². The quantitative estimate of drug-likeness (QED) is 0.470. The average Bonchev–Trinajstić information content (AvgIpc) is 2.50. The van der Waals surface area contributed by atoms with Gasteiger partial charge in [0.05, 0.1) is 24.4 Å². The first-order valence-corrected chi connectivity index (χ1v) is 6.66. The van der Waals surface area contributed by atoms with Crippen LogP contribution in [0.5, 0.6) is 0 Å². The minimum Gasteiger partial charge on any atom is -0.383 e. The SMILES string of the molecule is C=CCNC(=O)c1ccccc1NC(=O)CNCCOC.Cl. The van der Waals surface area contributed by atoms with Gasteiger partial charge in [0.25, 0.3) is 5.91 Å². The second-order valence-corrected chi connectivity index (χ2v) is 4.26. The summed E-state index contributed by atoms with van der Waals surface area (Å²) in [6.45, 7) is 5.20. The van der Waals surface area contributed by atoms with E-state index >= 15 is 0 Å². The molecule has 1 aromatic carbocycles. The summed E-state index contributed by atoms with van der Waals surface area (Å²) in [6, 6.07) is 6.86. The van der Waals surface area contributed by atoms with E-state index in [1.165, 1.54) is 0 Å². The lowest BCUT2D eigenvalue weighted by Gasteiger charge is -2.11. The van der Waals surface area contributed by atoms with Gasteiger partial charge in [-0.05, 0) is 12.1 Å². The van der Waals surface area contributed by atoms with E-state index in [2.05, 4.69) is 22.5 Å². The Labute approximate surface area is 136 Å². The van der Waals surface area contributed by atoms with Gasteiger partial charge in [0.2, 0.25) is 5.91 Å². The van der Waals surface area contributed by atoms with Crippen LogP contribution in [0.1, 0.15) is 10.4 Å². The summed E-state index contributed by atoms with van der Waals surface area (Å²) in [5.41, 5.74) is 0.905. The van der Waals surface area contributed by atoms with Crippen LogP contribution in [0.15, 0.2) is 36.9 Å². The topological polar surface area (TPSA) is 79.5 Å². The van der Waals surface area contributed by atoms with Crippen molar-refractivity contribution in [3.05, 3.63) is 42.5 Å². The molecule has 3 N–H and O–H groups in total. The Morgan fingerprint density at radius 3 is 2.73 bits per heavy atom. The summed E-state index contributed by atoms with van der Waals surface area (Å²) in [4.78, 5) is 23.8. The first-order valence-electron chi connectivity index (χ1n) is 6.66. The molecule has 22 heavy (non-hydrogen) atoms. The van der Waals surface area contributed by atoms with E-state index in [-0.39, 0.29) is 30.8 Å². The maximum Gasteiger partial charge on any atom is 0.253 e. The average molecular weight is 328 g/mol. The number of carbonyl (C=O) groups excluding carboxylic acids is 2. The summed E-state index contributed by atoms with van der Waals surface area (Å²) in [7, 11) is 1.60. The van der Waals surface area contributed by atoms with E-state index in [0.29, 0.717) is 30.9 Å². The van der Waals surface area contributed by atoms with Gasteiger partial charge in [-0.3, -0.25) is 9.59 Å². The van der Waals surface area contributed by atoms with Crippen molar-refractivity contribution in [1.82, 2.24) is 10.6 Å². The van der Waals surface area contributed by atoms with Crippen LogP contribution in [0.2, 0.25) is 0 Å². The van der Waals surface area contributed by atoms with Crippen molar-refractivity contribution in [2.24, 2.45) is 0 Å². The lowest BCUT2D eigenvalue weighted by Crippen LogP contribution is -2.31. The van der Waals surface area contributed by atoms with Crippen molar-refractivity contribution in [2.75, 3.05) is 38.7 Å². The zero-order chi connectivity index (χ0) is 15.5. The number of hydrogen-bond acceptors (Lipinski definition) is 4. The zero-order valence-corrected chi connectivity index (χ0v) is 13.4. The summed E-state index contributed by atoms with van der Waals surface area (Å²) in [5.74, 6) is -0.465. The normalized spacial score (nSPS) is 9.50. The Morgan fingerprint density at radius 1 is 1.32 bits per heavy atom. The van der Waals surface area contributed by atoms with Crippen molar-refractivity contribution in [2.45, 2.75) is 0 Å². The number of methoxy groups -OCH3 is 1. The highest BCUT2D eigenvalue weighted by Crippen LogP contribution is 2.14. The molecule has 0 radical (unpaired) electrons. The van der Waals surface area contributed by atoms with Crippen LogP contribution in [-0.4, -0.2) is 45.2 Å². The Bertz CT molecular complexity index is 495. The molecule has 0 spiro atoms. The van der Waals surface area contributed by atoms with E-state index in [9.17, 15) is 9.59 Å². The number of halogens is 1. The molecule has 7 heteroatoms. The third-order valence-electron chi connectivity index (χ3n) is 2.62. The molecule has 122 valence electrons. The molecule has 0 saturated carbocycles.